The van der Waals surface area contributed by atoms with Gasteiger partial charge in [-0.2, -0.15) is 5.10 Å². The number of fused-ring (bicyclic) bond motifs is 1. The number of aromatic nitrogens is 2. The van der Waals surface area contributed by atoms with Crippen LogP contribution in [0.15, 0.2) is 53.3 Å². The molecule has 0 radical (unpaired) electrons. The Morgan fingerprint density at radius 3 is 2.46 bits per heavy atom. The number of carbonyl (C=O) groups is 3. The molecule has 2 aromatic carbocycles. The van der Waals surface area contributed by atoms with E-state index in [-0.39, 0.29) is 23.6 Å². The van der Waals surface area contributed by atoms with Crippen molar-refractivity contribution in [2.75, 3.05) is 13.7 Å². The molecule has 0 bridgehead atoms. The van der Waals surface area contributed by atoms with E-state index in [2.05, 4.69) is 5.10 Å². The maximum absolute atomic E-state index is 13.2. The van der Waals surface area contributed by atoms with E-state index in [1.165, 1.54) is 16.6 Å². The summed E-state index contributed by atoms with van der Waals surface area (Å²) in [6.07, 6.45) is 2.26. The topological polar surface area (TPSA) is 98.6 Å². The van der Waals surface area contributed by atoms with Crippen LogP contribution in [0.4, 0.5) is 0 Å². The van der Waals surface area contributed by atoms with E-state index in [0.29, 0.717) is 34.2 Å². The predicted octanol–water partition coefficient (Wildman–Crippen LogP) is 3.72. The maximum Gasteiger partial charge on any atom is 0.359 e. The highest BCUT2D eigenvalue weighted by molar-refractivity contribution is 6.31. The minimum absolute atomic E-state index is 0.0490. The number of ether oxygens (including phenoxy) is 1. The standard InChI is InChI=1S/C26H26ClN3O5/c1-3-30-24(33)18-11-5-4-10-17(18)23(28-30)25(34)35-16-22(32)29(2)26(15-9-8-14-21(26)31)19-12-6-7-13-20(19)27/h4-7,10-13H,3,8-9,14-16H2,1-2H3. The molecule has 3 aromatic rings. The number of Topliss-reactive ketones (excluding diaryl/α,β-unsaturated/α-hetero) is 1. The first-order valence-electron chi connectivity index (χ1n) is 11.5. The van der Waals surface area contributed by atoms with Gasteiger partial charge in [0.05, 0.1) is 5.39 Å². The van der Waals surface area contributed by atoms with E-state index < -0.39 is 24.0 Å². The Bertz CT molecular complexity index is 1370. The van der Waals surface area contributed by atoms with Gasteiger partial charge in [-0.3, -0.25) is 14.4 Å². The first-order valence-corrected chi connectivity index (χ1v) is 11.9. The van der Waals surface area contributed by atoms with Crippen LogP contribution in [0.3, 0.4) is 0 Å². The number of hydrogen-bond acceptors (Lipinski definition) is 6. The van der Waals surface area contributed by atoms with Crippen molar-refractivity contribution >= 4 is 40.0 Å². The van der Waals surface area contributed by atoms with Gasteiger partial charge >= 0.3 is 5.97 Å². The second-order valence-electron chi connectivity index (χ2n) is 8.51. The molecule has 1 aliphatic carbocycles. The number of nitrogens with zero attached hydrogens (tertiary/aromatic N) is 3. The van der Waals surface area contributed by atoms with E-state index in [4.69, 9.17) is 16.3 Å². The minimum Gasteiger partial charge on any atom is -0.451 e. The summed E-state index contributed by atoms with van der Waals surface area (Å²) in [5.41, 5.74) is -1.02. The Kier molecular flexibility index (Phi) is 7.03. The lowest BCUT2D eigenvalue weighted by atomic mass is 9.74. The van der Waals surface area contributed by atoms with Crippen LogP contribution in [-0.4, -0.2) is 46.0 Å². The third kappa shape index (κ3) is 4.34. The highest BCUT2D eigenvalue weighted by Crippen LogP contribution is 2.42. The number of rotatable bonds is 6. The van der Waals surface area contributed by atoms with Crippen LogP contribution in [0.25, 0.3) is 10.8 Å². The largest absolute Gasteiger partial charge is 0.451 e. The van der Waals surface area contributed by atoms with Crippen molar-refractivity contribution in [2.24, 2.45) is 0 Å². The number of aryl methyl sites for hydroxylation is 1. The zero-order valence-electron chi connectivity index (χ0n) is 19.6. The van der Waals surface area contributed by atoms with Gasteiger partial charge in [0.15, 0.2) is 18.1 Å². The molecule has 1 heterocycles. The van der Waals surface area contributed by atoms with Gasteiger partial charge in [-0.25, -0.2) is 9.48 Å². The molecule has 1 atom stereocenters. The summed E-state index contributed by atoms with van der Waals surface area (Å²) in [5, 5.41) is 5.24. The van der Waals surface area contributed by atoms with Crippen LogP contribution in [0, 0.1) is 0 Å². The lowest BCUT2D eigenvalue weighted by Gasteiger charge is -2.43. The Balaban J connectivity index is 1.61. The first kappa shape index (κ1) is 24.6. The second kappa shape index (κ2) is 10.00. The van der Waals surface area contributed by atoms with E-state index in [9.17, 15) is 19.2 Å². The van der Waals surface area contributed by atoms with Crippen molar-refractivity contribution in [3.8, 4) is 0 Å². The van der Waals surface area contributed by atoms with Crippen LogP contribution in [0.2, 0.25) is 5.02 Å². The Morgan fingerprint density at radius 2 is 1.77 bits per heavy atom. The van der Waals surface area contributed by atoms with Gasteiger partial charge in [0.1, 0.15) is 5.54 Å². The van der Waals surface area contributed by atoms with Gasteiger partial charge in [-0.05, 0) is 38.3 Å². The van der Waals surface area contributed by atoms with Gasteiger partial charge in [-0.15, -0.1) is 0 Å². The van der Waals surface area contributed by atoms with E-state index in [1.807, 2.05) is 0 Å². The number of hydrogen-bond donors (Lipinski definition) is 0. The SMILES string of the molecule is CCn1nc(C(=O)OCC(=O)N(C)C2(c3ccccc3Cl)CCCCC2=O)c2ccccc2c1=O. The average Bonchev–Trinajstić information content (AvgIpc) is 2.88. The summed E-state index contributed by atoms with van der Waals surface area (Å²) >= 11 is 6.45. The zero-order chi connectivity index (χ0) is 25.2. The molecule has 4 rings (SSSR count). The first-order chi connectivity index (χ1) is 16.8. The molecule has 0 spiro atoms. The number of carbonyl (C=O) groups excluding carboxylic acids is 3. The number of likely N-dealkylation sites (N-methyl/N-ethyl adjacent to an activating group) is 1. The Labute approximate surface area is 207 Å². The molecule has 8 nitrogen and oxygen atoms in total. The summed E-state index contributed by atoms with van der Waals surface area (Å²) in [6, 6.07) is 13.6. The fourth-order valence-electron chi connectivity index (χ4n) is 4.74. The molecule has 1 fully saturated rings. The number of esters is 1. The predicted molar refractivity (Wildman–Crippen MR) is 131 cm³/mol. The number of benzene rings is 2. The fraction of sp³-hybridized carbons (Fsp3) is 0.346. The van der Waals surface area contributed by atoms with E-state index in [1.54, 1.807) is 55.5 Å². The van der Waals surface area contributed by atoms with Gasteiger partial charge in [0, 0.05) is 36.0 Å². The van der Waals surface area contributed by atoms with Crippen LogP contribution >= 0.6 is 11.6 Å². The summed E-state index contributed by atoms with van der Waals surface area (Å²) in [5.74, 6) is -1.46. The molecule has 1 amide bonds. The summed E-state index contributed by atoms with van der Waals surface area (Å²) in [4.78, 5) is 53.3. The third-order valence-electron chi connectivity index (χ3n) is 6.61. The molecule has 9 heteroatoms. The van der Waals surface area contributed by atoms with Crippen LogP contribution < -0.4 is 5.56 Å². The Hall–Kier alpha value is -3.52. The number of ketones is 1. The molecule has 1 saturated carbocycles. The molecule has 1 unspecified atom stereocenters. The number of amides is 1. The zero-order valence-corrected chi connectivity index (χ0v) is 20.4. The molecule has 182 valence electrons. The van der Waals surface area contributed by atoms with E-state index in [0.717, 1.165) is 12.8 Å². The van der Waals surface area contributed by atoms with Gasteiger partial charge in [0.2, 0.25) is 0 Å². The van der Waals surface area contributed by atoms with Crippen molar-refractivity contribution in [1.29, 1.82) is 0 Å². The lowest BCUT2D eigenvalue weighted by Crippen LogP contribution is -2.55. The van der Waals surface area contributed by atoms with Crippen molar-refractivity contribution < 1.29 is 19.1 Å². The van der Waals surface area contributed by atoms with Crippen molar-refractivity contribution in [3.63, 3.8) is 0 Å². The molecule has 1 aromatic heterocycles. The average molecular weight is 496 g/mol. The molecular formula is C26H26ClN3O5. The van der Waals surface area contributed by atoms with Crippen molar-refractivity contribution in [2.45, 2.75) is 44.7 Å². The minimum atomic E-state index is -1.22. The van der Waals surface area contributed by atoms with Crippen molar-refractivity contribution in [3.05, 3.63) is 75.2 Å². The molecule has 0 N–H and O–H groups in total. The van der Waals surface area contributed by atoms with Gasteiger partial charge in [0.25, 0.3) is 11.5 Å². The summed E-state index contributed by atoms with van der Waals surface area (Å²) in [6.45, 7) is 1.43. The number of halogens is 1. The highest BCUT2D eigenvalue weighted by atomic mass is 35.5. The summed E-state index contributed by atoms with van der Waals surface area (Å²) < 4.78 is 6.52. The molecule has 0 aliphatic heterocycles. The quantitative estimate of drug-likeness (QED) is 0.483. The van der Waals surface area contributed by atoms with Crippen molar-refractivity contribution in [1.82, 2.24) is 14.7 Å². The molecule has 0 saturated heterocycles. The van der Waals surface area contributed by atoms with Crippen LogP contribution in [0.5, 0.6) is 0 Å². The smallest absolute Gasteiger partial charge is 0.359 e. The van der Waals surface area contributed by atoms with E-state index >= 15 is 0 Å². The third-order valence-corrected chi connectivity index (χ3v) is 6.94. The maximum atomic E-state index is 13.2. The van der Waals surface area contributed by atoms with Crippen LogP contribution in [-0.2, 0) is 26.4 Å². The second-order valence-corrected chi connectivity index (χ2v) is 8.92. The van der Waals surface area contributed by atoms with Gasteiger partial charge in [-0.1, -0.05) is 48.0 Å². The highest BCUT2D eigenvalue weighted by Gasteiger charge is 2.48. The monoisotopic (exact) mass is 495 g/mol. The molecule has 1 aliphatic rings. The van der Waals surface area contributed by atoms with Crippen LogP contribution in [0.1, 0.15) is 48.7 Å². The lowest BCUT2D eigenvalue weighted by molar-refractivity contribution is -0.150. The fourth-order valence-corrected chi connectivity index (χ4v) is 5.03. The molecular weight excluding hydrogens is 470 g/mol. The normalized spacial score (nSPS) is 17.9. The molecule has 35 heavy (non-hydrogen) atoms. The summed E-state index contributed by atoms with van der Waals surface area (Å²) in [7, 11) is 1.54. The van der Waals surface area contributed by atoms with Gasteiger partial charge < -0.3 is 9.64 Å². The Morgan fingerprint density at radius 1 is 1.09 bits per heavy atom.